The lowest BCUT2D eigenvalue weighted by atomic mass is 10.1. The summed E-state index contributed by atoms with van der Waals surface area (Å²) in [6, 6.07) is 79.2. The fourth-order valence-electron chi connectivity index (χ4n) is 7.99. The van der Waals surface area contributed by atoms with Gasteiger partial charge in [-0.25, -0.2) is 0 Å². The van der Waals surface area contributed by atoms with E-state index in [0.29, 0.717) is 0 Å². The molecular weight excluding hydrogens is 674 g/mol. The summed E-state index contributed by atoms with van der Waals surface area (Å²) in [5.74, 6) is 0. The van der Waals surface area contributed by atoms with Gasteiger partial charge in [-0.05, 0) is 90.6 Å². The van der Waals surface area contributed by atoms with Crippen LogP contribution in [0.25, 0.3) is 44.2 Å². The summed E-state index contributed by atoms with van der Waals surface area (Å²) in [6.45, 7) is 0. The Balaban J connectivity index is 1.44. The number of para-hydroxylation sites is 5. The van der Waals surface area contributed by atoms with Crippen LogP contribution in [0.4, 0.5) is 17.1 Å². The van der Waals surface area contributed by atoms with Gasteiger partial charge in [0.15, 0.2) is 0 Å². The predicted molar refractivity (Wildman–Crippen MR) is 231 cm³/mol. The molecule has 0 aliphatic carbocycles. The Morgan fingerprint density at radius 3 is 1.35 bits per heavy atom. The Kier molecular flexibility index (Phi) is 8.13. The summed E-state index contributed by atoms with van der Waals surface area (Å²) < 4.78 is 4.96. The fraction of sp³-hybridized carbons (Fsp3) is 0. The van der Waals surface area contributed by atoms with Gasteiger partial charge in [0, 0.05) is 38.9 Å². The van der Waals surface area contributed by atoms with E-state index in [1.165, 1.54) is 37.6 Å². The van der Waals surface area contributed by atoms with Crippen LogP contribution in [0.5, 0.6) is 0 Å². The number of nitrogens with zero attached hydrogens (tertiary/aromatic N) is 3. The largest absolute Gasteiger partial charge is 0.308 e. The number of hydrogen-bond acceptors (Lipinski definition) is 1. The molecule has 0 saturated heterocycles. The number of aromatic nitrogens is 2. The highest BCUT2D eigenvalue weighted by molar-refractivity contribution is 7.79. The summed E-state index contributed by atoms with van der Waals surface area (Å²) in [4.78, 5) is 2.45. The van der Waals surface area contributed by atoms with Crippen LogP contribution in [0.15, 0.2) is 218 Å². The average molecular weight is 710 g/mol. The Labute approximate surface area is 316 Å². The third-order valence-corrected chi connectivity index (χ3v) is 12.6. The van der Waals surface area contributed by atoms with E-state index in [4.69, 9.17) is 0 Å². The second-order valence-electron chi connectivity index (χ2n) is 13.4. The van der Waals surface area contributed by atoms with Gasteiger partial charge < -0.3 is 4.90 Å². The Morgan fingerprint density at radius 2 is 0.815 bits per heavy atom. The quantitative estimate of drug-likeness (QED) is 0.143. The van der Waals surface area contributed by atoms with Crippen molar-refractivity contribution >= 4 is 73.7 Å². The van der Waals surface area contributed by atoms with Crippen molar-refractivity contribution in [1.29, 1.82) is 0 Å². The zero-order valence-electron chi connectivity index (χ0n) is 29.6. The van der Waals surface area contributed by atoms with Crippen LogP contribution >= 0.6 is 7.92 Å². The first kappa shape index (κ1) is 32.0. The van der Waals surface area contributed by atoms with Gasteiger partial charge in [-0.15, -0.1) is 0 Å². The van der Waals surface area contributed by atoms with Crippen molar-refractivity contribution in [2.45, 2.75) is 0 Å². The minimum Gasteiger partial charge on any atom is -0.308 e. The normalized spacial score (nSPS) is 11.5. The molecule has 0 aliphatic heterocycles. The molecule has 0 bridgehead atoms. The first-order valence-corrected chi connectivity index (χ1v) is 19.7. The lowest BCUT2D eigenvalue weighted by Crippen LogP contribution is -2.22. The molecule has 0 saturated carbocycles. The smallest absolute Gasteiger partial charge is 0.131 e. The first-order valence-electron chi connectivity index (χ1n) is 18.4. The molecule has 10 rings (SSSR count). The van der Waals surface area contributed by atoms with Crippen molar-refractivity contribution in [2.75, 3.05) is 4.90 Å². The lowest BCUT2D eigenvalue weighted by Gasteiger charge is -2.29. The van der Waals surface area contributed by atoms with Gasteiger partial charge in [0.25, 0.3) is 0 Å². The summed E-state index contributed by atoms with van der Waals surface area (Å²) in [5, 5.41) is 7.64. The molecule has 2 aromatic heterocycles. The van der Waals surface area contributed by atoms with E-state index in [0.717, 1.165) is 39.6 Å². The van der Waals surface area contributed by atoms with Crippen LogP contribution < -0.4 is 20.8 Å². The van der Waals surface area contributed by atoms with Gasteiger partial charge in [0.2, 0.25) is 0 Å². The van der Waals surface area contributed by atoms with Crippen molar-refractivity contribution in [2.24, 2.45) is 0 Å². The Hall–Kier alpha value is -6.67. The van der Waals surface area contributed by atoms with E-state index in [1.54, 1.807) is 0 Å². The summed E-state index contributed by atoms with van der Waals surface area (Å²) in [5.41, 5.74) is 9.07. The van der Waals surface area contributed by atoms with Crippen molar-refractivity contribution in [3.63, 3.8) is 0 Å². The summed E-state index contributed by atoms with van der Waals surface area (Å²) in [6.07, 6.45) is 0. The first-order chi connectivity index (χ1) is 26.8. The molecular formula is C50H36N3P. The van der Waals surface area contributed by atoms with Gasteiger partial charge >= 0.3 is 0 Å². The van der Waals surface area contributed by atoms with Gasteiger partial charge in [0.1, 0.15) is 5.65 Å². The SMILES string of the molecule is c1ccc(N(c2ccccc2)c2cc(P(c3ccccc3)c3ccccc3)cc3c4c5ccccc5n(-c5ccccc5)c4n(-c4ccccc4)c23)cc1. The molecule has 0 aliphatic rings. The van der Waals surface area contributed by atoms with E-state index in [2.05, 4.69) is 232 Å². The van der Waals surface area contributed by atoms with E-state index in [-0.39, 0.29) is 0 Å². The zero-order chi connectivity index (χ0) is 35.8. The van der Waals surface area contributed by atoms with Crippen molar-refractivity contribution in [3.8, 4) is 11.4 Å². The fourth-order valence-corrected chi connectivity index (χ4v) is 10.3. The Bertz CT molecular complexity index is 2770. The van der Waals surface area contributed by atoms with Gasteiger partial charge in [-0.3, -0.25) is 9.13 Å². The van der Waals surface area contributed by atoms with Crippen LogP contribution in [-0.4, -0.2) is 9.13 Å². The molecule has 4 heteroatoms. The minimum atomic E-state index is -0.921. The predicted octanol–water partition coefficient (Wildman–Crippen LogP) is 12.0. The summed E-state index contributed by atoms with van der Waals surface area (Å²) in [7, 11) is -0.921. The van der Waals surface area contributed by atoms with Gasteiger partial charge in [0.05, 0.1) is 16.7 Å². The van der Waals surface area contributed by atoms with Crippen LogP contribution in [0, 0.1) is 0 Å². The average Bonchev–Trinajstić information content (AvgIpc) is 3.76. The number of anilines is 3. The molecule has 0 atom stereocenters. The topological polar surface area (TPSA) is 13.1 Å². The molecule has 0 unspecified atom stereocenters. The zero-order valence-corrected chi connectivity index (χ0v) is 30.5. The molecule has 0 fully saturated rings. The monoisotopic (exact) mass is 709 g/mol. The number of rotatable bonds is 8. The number of fused-ring (bicyclic) bond motifs is 5. The highest BCUT2D eigenvalue weighted by Crippen LogP contribution is 2.48. The summed E-state index contributed by atoms with van der Waals surface area (Å²) >= 11 is 0. The van der Waals surface area contributed by atoms with Crippen molar-refractivity contribution in [1.82, 2.24) is 9.13 Å². The molecule has 54 heavy (non-hydrogen) atoms. The number of hydrogen-bond donors (Lipinski definition) is 0. The maximum Gasteiger partial charge on any atom is 0.131 e. The van der Waals surface area contributed by atoms with Crippen molar-refractivity contribution < 1.29 is 0 Å². The molecule has 0 radical (unpaired) electrons. The standard InChI is InChI=1S/C50H36N3P/c1-7-21-37(22-8-1)51(38-23-9-2-10-24-38)47-36-43(54(41-29-15-5-16-30-41)42-31-17-6-18-32-42)35-45-48-44-33-19-20-34-46(44)52(39-25-11-3-12-26-39)50(48)53(49(45)47)40-27-13-4-14-28-40/h1-36H. The molecule has 0 spiro atoms. The second kappa shape index (κ2) is 13.7. The lowest BCUT2D eigenvalue weighted by molar-refractivity contribution is 1.06. The molecule has 2 heterocycles. The third-order valence-electron chi connectivity index (χ3n) is 10.2. The highest BCUT2D eigenvalue weighted by Gasteiger charge is 2.29. The van der Waals surface area contributed by atoms with Crippen LogP contribution in [-0.2, 0) is 0 Å². The maximum atomic E-state index is 2.50. The van der Waals surface area contributed by atoms with Gasteiger partial charge in [-0.2, -0.15) is 0 Å². The van der Waals surface area contributed by atoms with E-state index in [1.807, 2.05) is 0 Å². The minimum absolute atomic E-state index is 0.921. The number of benzene rings is 8. The Morgan fingerprint density at radius 1 is 0.370 bits per heavy atom. The molecule has 10 aromatic rings. The van der Waals surface area contributed by atoms with E-state index >= 15 is 0 Å². The van der Waals surface area contributed by atoms with E-state index in [9.17, 15) is 0 Å². The molecule has 0 N–H and O–H groups in total. The molecule has 0 amide bonds. The molecule has 8 aromatic carbocycles. The van der Waals surface area contributed by atoms with Crippen LogP contribution in [0.1, 0.15) is 0 Å². The van der Waals surface area contributed by atoms with Crippen molar-refractivity contribution in [3.05, 3.63) is 218 Å². The third kappa shape index (κ3) is 5.41. The highest BCUT2D eigenvalue weighted by atomic mass is 31.1. The van der Waals surface area contributed by atoms with E-state index < -0.39 is 7.92 Å². The van der Waals surface area contributed by atoms with Crippen LogP contribution in [0.3, 0.4) is 0 Å². The molecule has 256 valence electrons. The van der Waals surface area contributed by atoms with Gasteiger partial charge in [-0.1, -0.05) is 152 Å². The van der Waals surface area contributed by atoms with Crippen LogP contribution in [0.2, 0.25) is 0 Å². The maximum absolute atomic E-state index is 2.50. The molecule has 3 nitrogen and oxygen atoms in total. The second-order valence-corrected chi connectivity index (χ2v) is 15.7.